The van der Waals surface area contributed by atoms with Gasteiger partial charge in [0.15, 0.2) is 0 Å². The molecule has 92 valence electrons. The van der Waals surface area contributed by atoms with E-state index in [1.807, 2.05) is 0 Å². The Morgan fingerprint density at radius 2 is 1.82 bits per heavy atom. The van der Waals surface area contributed by atoms with Crippen molar-refractivity contribution >= 4 is 5.69 Å². The molecule has 1 nitrogen and oxygen atoms in total. The van der Waals surface area contributed by atoms with Crippen molar-refractivity contribution in [3.63, 3.8) is 0 Å². The molecule has 1 aliphatic heterocycles. The molecule has 0 saturated heterocycles. The number of rotatable bonds is 1. The van der Waals surface area contributed by atoms with Crippen LogP contribution in [0, 0.1) is 17.6 Å². The lowest BCUT2D eigenvalue weighted by Gasteiger charge is -2.27. The lowest BCUT2D eigenvalue weighted by molar-refractivity contribution is 0.321. The highest BCUT2D eigenvalue weighted by Crippen LogP contribution is 2.36. The van der Waals surface area contributed by atoms with Gasteiger partial charge in [0.05, 0.1) is 5.69 Å². The van der Waals surface area contributed by atoms with Crippen LogP contribution in [0.25, 0.3) is 0 Å². The Hall–Kier alpha value is -1.12. The van der Waals surface area contributed by atoms with Gasteiger partial charge in [0.25, 0.3) is 0 Å². The van der Waals surface area contributed by atoms with E-state index in [1.54, 1.807) is 0 Å². The Bertz CT molecular complexity index is 424. The standard InChI is InChI=1S/C14H17F2N/c15-11-6-10-7-13(9-4-2-1-3-5-9)17-14(10)12(16)8-11/h6,8-9,13,17H,1-5,7H2. The number of halogens is 2. The molecule has 1 atom stereocenters. The SMILES string of the molecule is Fc1cc(F)c2c(c1)CC(C1CCCCC1)N2. The van der Waals surface area contributed by atoms with Crippen LogP contribution in [0.2, 0.25) is 0 Å². The predicted octanol–water partition coefficient (Wildman–Crippen LogP) is 3.88. The molecule has 1 unspecified atom stereocenters. The van der Waals surface area contributed by atoms with Gasteiger partial charge in [0.2, 0.25) is 0 Å². The number of hydrogen-bond acceptors (Lipinski definition) is 1. The molecule has 2 aliphatic rings. The molecule has 1 N–H and O–H groups in total. The quantitative estimate of drug-likeness (QED) is 0.781. The van der Waals surface area contributed by atoms with E-state index in [4.69, 9.17) is 0 Å². The maximum Gasteiger partial charge on any atom is 0.149 e. The number of benzene rings is 1. The summed E-state index contributed by atoms with van der Waals surface area (Å²) in [6, 6.07) is 2.74. The summed E-state index contributed by atoms with van der Waals surface area (Å²) in [5.74, 6) is -0.288. The normalized spacial score (nSPS) is 24.5. The Morgan fingerprint density at radius 3 is 2.59 bits per heavy atom. The fraction of sp³-hybridized carbons (Fsp3) is 0.571. The van der Waals surface area contributed by atoms with Gasteiger partial charge in [-0.25, -0.2) is 8.78 Å². The minimum absolute atomic E-state index is 0.307. The molecule has 1 fully saturated rings. The topological polar surface area (TPSA) is 12.0 Å². The average Bonchev–Trinajstić information content (AvgIpc) is 2.74. The third-order valence-corrected chi connectivity index (χ3v) is 4.13. The second-order valence-electron chi connectivity index (χ2n) is 5.27. The molecule has 0 aromatic heterocycles. The molecule has 17 heavy (non-hydrogen) atoms. The average molecular weight is 237 g/mol. The van der Waals surface area contributed by atoms with Gasteiger partial charge in [-0.2, -0.15) is 0 Å². The number of anilines is 1. The molecule has 1 heterocycles. The zero-order chi connectivity index (χ0) is 11.8. The van der Waals surface area contributed by atoms with E-state index in [0.717, 1.165) is 18.1 Å². The van der Waals surface area contributed by atoms with E-state index in [9.17, 15) is 8.78 Å². The van der Waals surface area contributed by atoms with Crippen LogP contribution < -0.4 is 5.32 Å². The lowest BCUT2D eigenvalue weighted by Crippen LogP contribution is -2.28. The third-order valence-electron chi connectivity index (χ3n) is 4.13. The molecular formula is C14H17F2N. The maximum absolute atomic E-state index is 13.6. The van der Waals surface area contributed by atoms with E-state index in [0.29, 0.717) is 17.6 Å². The van der Waals surface area contributed by atoms with Crippen molar-refractivity contribution in [2.24, 2.45) is 5.92 Å². The first kappa shape index (κ1) is 11.0. The van der Waals surface area contributed by atoms with Gasteiger partial charge in [-0.15, -0.1) is 0 Å². The van der Waals surface area contributed by atoms with E-state index in [-0.39, 0.29) is 0 Å². The third kappa shape index (κ3) is 2.03. The Morgan fingerprint density at radius 1 is 1.06 bits per heavy atom. The molecule has 0 radical (unpaired) electrons. The number of nitrogens with one attached hydrogen (secondary N) is 1. The fourth-order valence-electron chi connectivity index (χ4n) is 3.24. The molecule has 3 heteroatoms. The first-order valence-electron chi connectivity index (χ1n) is 6.48. The smallest absolute Gasteiger partial charge is 0.149 e. The van der Waals surface area contributed by atoms with E-state index in [2.05, 4.69) is 5.32 Å². The van der Waals surface area contributed by atoms with E-state index >= 15 is 0 Å². The summed E-state index contributed by atoms with van der Waals surface area (Å²) >= 11 is 0. The van der Waals surface area contributed by atoms with Gasteiger partial charge in [0.1, 0.15) is 11.6 Å². The summed E-state index contributed by atoms with van der Waals surface area (Å²) in [5, 5.41) is 3.26. The van der Waals surface area contributed by atoms with E-state index < -0.39 is 11.6 Å². The van der Waals surface area contributed by atoms with Crippen molar-refractivity contribution in [2.45, 2.75) is 44.6 Å². The van der Waals surface area contributed by atoms with Gasteiger partial charge in [0, 0.05) is 12.1 Å². The highest BCUT2D eigenvalue weighted by molar-refractivity contribution is 5.58. The number of fused-ring (bicyclic) bond motifs is 1. The van der Waals surface area contributed by atoms with Crippen molar-refractivity contribution < 1.29 is 8.78 Å². The minimum atomic E-state index is -0.465. The first-order chi connectivity index (χ1) is 8.24. The van der Waals surface area contributed by atoms with Crippen LogP contribution >= 0.6 is 0 Å². The van der Waals surface area contributed by atoms with E-state index in [1.165, 1.54) is 38.2 Å². The summed E-state index contributed by atoms with van der Waals surface area (Å²) in [5.41, 5.74) is 1.33. The number of hydrogen-bond donors (Lipinski definition) is 1. The molecule has 3 rings (SSSR count). The maximum atomic E-state index is 13.6. The second-order valence-corrected chi connectivity index (χ2v) is 5.27. The summed E-state index contributed by atoms with van der Waals surface area (Å²) in [6.45, 7) is 0. The lowest BCUT2D eigenvalue weighted by atomic mass is 9.83. The molecule has 1 aromatic rings. The molecular weight excluding hydrogens is 220 g/mol. The summed E-state index contributed by atoms with van der Waals surface area (Å²) in [4.78, 5) is 0. The van der Waals surface area contributed by atoms with Crippen molar-refractivity contribution in [2.75, 3.05) is 5.32 Å². The van der Waals surface area contributed by atoms with Crippen LogP contribution in [0.15, 0.2) is 12.1 Å². The summed E-state index contributed by atoms with van der Waals surface area (Å²) in [7, 11) is 0. The molecule has 0 bridgehead atoms. The van der Waals surface area contributed by atoms with Crippen LogP contribution in [-0.2, 0) is 6.42 Å². The van der Waals surface area contributed by atoms with Gasteiger partial charge in [-0.1, -0.05) is 19.3 Å². The van der Waals surface area contributed by atoms with Crippen LogP contribution in [0.4, 0.5) is 14.5 Å². The van der Waals surface area contributed by atoms with Gasteiger partial charge < -0.3 is 5.32 Å². The Labute approximate surface area is 100 Å². The van der Waals surface area contributed by atoms with Crippen molar-refractivity contribution in [3.05, 3.63) is 29.3 Å². The molecule has 1 aliphatic carbocycles. The molecule has 1 aromatic carbocycles. The highest BCUT2D eigenvalue weighted by atomic mass is 19.1. The van der Waals surface area contributed by atoms with Crippen LogP contribution in [-0.4, -0.2) is 6.04 Å². The van der Waals surface area contributed by atoms with Crippen molar-refractivity contribution in [3.8, 4) is 0 Å². The summed E-state index contributed by atoms with van der Waals surface area (Å²) in [6.07, 6.45) is 7.07. The minimum Gasteiger partial charge on any atom is -0.379 e. The largest absolute Gasteiger partial charge is 0.379 e. The zero-order valence-electron chi connectivity index (χ0n) is 9.81. The molecule has 0 amide bonds. The van der Waals surface area contributed by atoms with Crippen LogP contribution in [0.1, 0.15) is 37.7 Å². The van der Waals surface area contributed by atoms with Crippen LogP contribution in [0.3, 0.4) is 0 Å². The predicted molar refractivity (Wildman–Crippen MR) is 64.0 cm³/mol. The highest BCUT2D eigenvalue weighted by Gasteiger charge is 2.31. The summed E-state index contributed by atoms with van der Waals surface area (Å²) < 4.78 is 26.7. The first-order valence-corrected chi connectivity index (χ1v) is 6.48. The van der Waals surface area contributed by atoms with Gasteiger partial charge >= 0.3 is 0 Å². The Kier molecular flexibility index (Phi) is 2.77. The van der Waals surface area contributed by atoms with Gasteiger partial charge in [-0.05, 0) is 36.8 Å². The fourth-order valence-corrected chi connectivity index (χ4v) is 3.24. The second kappa shape index (κ2) is 4.28. The zero-order valence-corrected chi connectivity index (χ0v) is 9.81. The Balaban J connectivity index is 1.80. The van der Waals surface area contributed by atoms with Crippen LogP contribution in [0.5, 0.6) is 0 Å². The van der Waals surface area contributed by atoms with Gasteiger partial charge in [-0.3, -0.25) is 0 Å². The van der Waals surface area contributed by atoms with Crippen molar-refractivity contribution in [1.29, 1.82) is 0 Å². The molecule has 0 spiro atoms. The molecule has 1 saturated carbocycles. The monoisotopic (exact) mass is 237 g/mol. The van der Waals surface area contributed by atoms with Crippen molar-refractivity contribution in [1.82, 2.24) is 0 Å².